The number of hydrogen-bond acceptors (Lipinski definition) is 5. The number of anilines is 1. The summed E-state index contributed by atoms with van der Waals surface area (Å²) in [6.07, 6.45) is 1.65. The molecule has 0 spiro atoms. The van der Waals surface area contributed by atoms with Crippen LogP contribution in [0.1, 0.15) is 11.4 Å². The fourth-order valence-corrected chi connectivity index (χ4v) is 4.81. The van der Waals surface area contributed by atoms with Gasteiger partial charge in [0, 0.05) is 21.1 Å². The Balaban J connectivity index is 1.39. The Labute approximate surface area is 198 Å². The number of aromatic amines is 1. The lowest BCUT2D eigenvalue weighted by Gasteiger charge is -2.22. The van der Waals surface area contributed by atoms with Crippen LogP contribution in [-0.2, 0) is 6.54 Å². The molecule has 0 amide bonds. The molecule has 158 valence electrons. The normalized spacial score (nSPS) is 13.8. The van der Waals surface area contributed by atoms with Crippen LogP contribution in [0.5, 0.6) is 5.75 Å². The average Bonchev–Trinajstić information content (AvgIpc) is 3.04. The van der Waals surface area contributed by atoms with Crippen LogP contribution in [0.2, 0.25) is 0 Å². The van der Waals surface area contributed by atoms with Gasteiger partial charge in [-0.05, 0) is 83.1 Å². The number of H-pyrrole nitrogens is 1. The SMILES string of the molecule is Cc1nc2ccc(-c3ccc4c(c3)CN(c3ncnc5cc(I)ccc35)CCO4)cc2[nH]1. The van der Waals surface area contributed by atoms with E-state index >= 15 is 0 Å². The number of halogens is 1. The van der Waals surface area contributed by atoms with E-state index in [9.17, 15) is 0 Å². The van der Waals surface area contributed by atoms with E-state index in [2.05, 4.69) is 102 Å². The molecule has 1 aliphatic rings. The first-order chi connectivity index (χ1) is 15.6. The third-order valence-electron chi connectivity index (χ3n) is 5.85. The number of ether oxygens (including phenoxy) is 1. The lowest BCUT2D eigenvalue weighted by molar-refractivity contribution is 0.331. The summed E-state index contributed by atoms with van der Waals surface area (Å²) in [6.45, 7) is 4.08. The van der Waals surface area contributed by atoms with Gasteiger partial charge in [0.2, 0.25) is 0 Å². The molecule has 0 fully saturated rings. The minimum absolute atomic E-state index is 0.613. The van der Waals surface area contributed by atoms with Crippen LogP contribution in [-0.4, -0.2) is 33.1 Å². The Hall–Kier alpha value is -3.20. The van der Waals surface area contributed by atoms with Crippen molar-refractivity contribution in [2.45, 2.75) is 13.5 Å². The maximum absolute atomic E-state index is 6.09. The lowest BCUT2D eigenvalue weighted by Crippen LogP contribution is -2.26. The van der Waals surface area contributed by atoms with Crippen LogP contribution in [0, 0.1) is 10.5 Å². The minimum Gasteiger partial charge on any atom is -0.491 e. The number of hydrogen-bond donors (Lipinski definition) is 1. The van der Waals surface area contributed by atoms with Gasteiger partial charge in [0.25, 0.3) is 0 Å². The Morgan fingerprint density at radius 1 is 0.969 bits per heavy atom. The first kappa shape index (κ1) is 19.5. The number of benzene rings is 3. The summed E-state index contributed by atoms with van der Waals surface area (Å²) < 4.78 is 7.26. The van der Waals surface area contributed by atoms with Crippen LogP contribution >= 0.6 is 22.6 Å². The molecule has 0 saturated carbocycles. The first-order valence-corrected chi connectivity index (χ1v) is 11.6. The molecule has 0 bridgehead atoms. The van der Waals surface area contributed by atoms with Crippen LogP contribution in [0.15, 0.2) is 60.9 Å². The van der Waals surface area contributed by atoms with Crippen LogP contribution in [0.3, 0.4) is 0 Å². The number of aryl methyl sites for hydroxylation is 1. The third-order valence-corrected chi connectivity index (χ3v) is 6.52. The summed E-state index contributed by atoms with van der Waals surface area (Å²) in [6, 6.07) is 19.1. The van der Waals surface area contributed by atoms with E-state index in [1.807, 2.05) is 6.92 Å². The van der Waals surface area contributed by atoms with E-state index in [1.54, 1.807) is 6.33 Å². The summed E-state index contributed by atoms with van der Waals surface area (Å²) in [5.41, 5.74) is 6.46. The van der Waals surface area contributed by atoms with Crippen molar-refractivity contribution in [3.05, 3.63) is 75.9 Å². The first-order valence-electron chi connectivity index (χ1n) is 10.5. The van der Waals surface area contributed by atoms with Gasteiger partial charge in [0.15, 0.2) is 0 Å². The molecule has 32 heavy (non-hydrogen) atoms. The molecule has 5 aromatic rings. The van der Waals surface area contributed by atoms with Crippen molar-refractivity contribution in [1.29, 1.82) is 0 Å². The zero-order chi connectivity index (χ0) is 21.7. The number of rotatable bonds is 2. The van der Waals surface area contributed by atoms with Gasteiger partial charge in [-0.1, -0.05) is 12.1 Å². The van der Waals surface area contributed by atoms with Crippen molar-refractivity contribution < 1.29 is 4.74 Å². The molecule has 0 saturated heterocycles. The van der Waals surface area contributed by atoms with Gasteiger partial charge < -0.3 is 14.6 Å². The second-order valence-corrected chi connectivity index (χ2v) is 9.25. The quantitative estimate of drug-likeness (QED) is 0.305. The third kappa shape index (κ3) is 3.46. The van der Waals surface area contributed by atoms with Crippen molar-refractivity contribution in [2.75, 3.05) is 18.1 Å². The number of imidazole rings is 1. The zero-order valence-electron chi connectivity index (χ0n) is 17.5. The maximum Gasteiger partial charge on any atom is 0.140 e. The fraction of sp³-hybridized carbons (Fsp3) is 0.160. The Bertz CT molecular complexity index is 1480. The lowest BCUT2D eigenvalue weighted by atomic mass is 10.0. The fourth-order valence-electron chi connectivity index (χ4n) is 4.34. The predicted octanol–water partition coefficient (Wildman–Crippen LogP) is 5.49. The molecule has 0 radical (unpaired) electrons. The molecular weight excluding hydrogens is 513 g/mol. The zero-order valence-corrected chi connectivity index (χ0v) is 19.6. The highest BCUT2D eigenvalue weighted by molar-refractivity contribution is 14.1. The van der Waals surface area contributed by atoms with Crippen molar-refractivity contribution in [3.63, 3.8) is 0 Å². The van der Waals surface area contributed by atoms with E-state index in [0.29, 0.717) is 6.61 Å². The Morgan fingerprint density at radius 3 is 2.78 bits per heavy atom. The van der Waals surface area contributed by atoms with E-state index in [0.717, 1.165) is 69.1 Å². The molecule has 7 heteroatoms. The summed E-state index contributed by atoms with van der Waals surface area (Å²) in [7, 11) is 0. The summed E-state index contributed by atoms with van der Waals surface area (Å²) in [4.78, 5) is 19.2. The molecular formula is C25H20IN5O. The second-order valence-electron chi connectivity index (χ2n) is 8.01. The molecule has 3 aromatic carbocycles. The van der Waals surface area contributed by atoms with Gasteiger partial charge in [0.05, 0.1) is 23.1 Å². The smallest absolute Gasteiger partial charge is 0.140 e. The molecule has 1 N–H and O–H groups in total. The summed E-state index contributed by atoms with van der Waals surface area (Å²) in [5.74, 6) is 2.81. The van der Waals surface area contributed by atoms with Gasteiger partial charge >= 0.3 is 0 Å². The molecule has 3 heterocycles. The molecule has 2 aromatic heterocycles. The van der Waals surface area contributed by atoms with Crippen molar-refractivity contribution in [3.8, 4) is 16.9 Å². The van der Waals surface area contributed by atoms with Crippen molar-refractivity contribution in [1.82, 2.24) is 19.9 Å². The van der Waals surface area contributed by atoms with Gasteiger partial charge in [-0.25, -0.2) is 15.0 Å². The Kier molecular flexibility index (Phi) is 4.71. The summed E-state index contributed by atoms with van der Waals surface area (Å²) in [5, 5.41) is 1.06. The van der Waals surface area contributed by atoms with E-state index < -0.39 is 0 Å². The molecule has 6 rings (SSSR count). The van der Waals surface area contributed by atoms with Crippen molar-refractivity contribution in [2.24, 2.45) is 0 Å². The monoisotopic (exact) mass is 533 g/mol. The van der Waals surface area contributed by atoms with Gasteiger partial charge in [-0.15, -0.1) is 0 Å². The molecule has 6 nitrogen and oxygen atoms in total. The molecule has 1 aliphatic heterocycles. The molecule has 0 aliphatic carbocycles. The van der Waals surface area contributed by atoms with Gasteiger partial charge in [-0.2, -0.15) is 0 Å². The number of nitrogens with zero attached hydrogens (tertiary/aromatic N) is 4. The largest absolute Gasteiger partial charge is 0.491 e. The van der Waals surface area contributed by atoms with E-state index in [1.165, 1.54) is 3.57 Å². The van der Waals surface area contributed by atoms with Crippen LogP contribution in [0.25, 0.3) is 33.1 Å². The molecule has 0 unspecified atom stereocenters. The van der Waals surface area contributed by atoms with Crippen LogP contribution in [0.4, 0.5) is 5.82 Å². The highest BCUT2D eigenvalue weighted by Crippen LogP contribution is 2.33. The Morgan fingerprint density at radius 2 is 1.84 bits per heavy atom. The highest BCUT2D eigenvalue weighted by Gasteiger charge is 2.19. The minimum atomic E-state index is 0.613. The highest BCUT2D eigenvalue weighted by atomic mass is 127. The van der Waals surface area contributed by atoms with Gasteiger partial charge in [-0.3, -0.25) is 0 Å². The average molecular weight is 533 g/mol. The summed E-state index contributed by atoms with van der Waals surface area (Å²) >= 11 is 2.32. The number of aromatic nitrogens is 4. The van der Waals surface area contributed by atoms with Crippen LogP contribution < -0.4 is 9.64 Å². The number of nitrogens with one attached hydrogen (secondary N) is 1. The maximum atomic E-state index is 6.09. The second kappa shape index (κ2) is 7.74. The predicted molar refractivity (Wildman–Crippen MR) is 135 cm³/mol. The molecule has 0 atom stereocenters. The standard InChI is InChI=1S/C25H20IN5O/c1-15-29-21-6-2-17(11-23(21)30-15)16-3-7-24-18(10-16)13-31(8-9-32-24)25-20-5-4-19(26)12-22(20)27-14-28-25/h2-7,10-12,14H,8-9,13H2,1H3,(H,29,30). The number of fused-ring (bicyclic) bond motifs is 3. The van der Waals surface area contributed by atoms with E-state index in [-0.39, 0.29) is 0 Å². The van der Waals surface area contributed by atoms with Gasteiger partial charge in [0.1, 0.15) is 30.3 Å². The topological polar surface area (TPSA) is 66.9 Å². The van der Waals surface area contributed by atoms with E-state index in [4.69, 9.17) is 4.74 Å². The van der Waals surface area contributed by atoms with Crippen molar-refractivity contribution >= 4 is 50.3 Å².